The third kappa shape index (κ3) is 4.61. The Labute approximate surface area is 104 Å². The molecular formula is C12H17F2NOS. The molecule has 0 fully saturated rings. The van der Waals surface area contributed by atoms with Crippen LogP contribution in [0.3, 0.4) is 0 Å². The Morgan fingerprint density at radius 1 is 1.41 bits per heavy atom. The zero-order valence-corrected chi connectivity index (χ0v) is 10.7. The second-order valence-corrected chi connectivity index (χ2v) is 5.92. The van der Waals surface area contributed by atoms with Crippen molar-refractivity contribution in [2.75, 3.05) is 6.54 Å². The van der Waals surface area contributed by atoms with Crippen LogP contribution in [0.2, 0.25) is 0 Å². The van der Waals surface area contributed by atoms with E-state index in [-0.39, 0.29) is 11.8 Å². The molecule has 96 valence electrons. The van der Waals surface area contributed by atoms with Crippen LogP contribution >= 0.6 is 11.8 Å². The summed E-state index contributed by atoms with van der Waals surface area (Å²) in [5.74, 6) is -1.70. The van der Waals surface area contributed by atoms with Crippen molar-refractivity contribution in [3.8, 4) is 0 Å². The molecule has 1 aromatic carbocycles. The van der Waals surface area contributed by atoms with Gasteiger partial charge in [0.1, 0.15) is 0 Å². The van der Waals surface area contributed by atoms with Crippen LogP contribution in [-0.2, 0) is 0 Å². The third-order valence-electron chi connectivity index (χ3n) is 2.40. The minimum Gasteiger partial charge on any atom is -0.389 e. The van der Waals surface area contributed by atoms with E-state index in [1.54, 1.807) is 6.92 Å². The van der Waals surface area contributed by atoms with Gasteiger partial charge in [0.15, 0.2) is 11.6 Å². The second-order valence-electron chi connectivity index (χ2n) is 4.41. The highest BCUT2D eigenvalue weighted by Gasteiger charge is 2.22. The van der Waals surface area contributed by atoms with Gasteiger partial charge >= 0.3 is 0 Å². The maximum atomic E-state index is 13.0. The van der Waals surface area contributed by atoms with Gasteiger partial charge in [-0.3, -0.25) is 0 Å². The van der Waals surface area contributed by atoms with Gasteiger partial charge in [0.05, 0.1) is 5.60 Å². The number of nitrogens with two attached hydrogens (primary N) is 1. The molecule has 1 rings (SSSR count). The molecule has 0 aliphatic heterocycles. The summed E-state index contributed by atoms with van der Waals surface area (Å²) in [6.07, 6.45) is 0.493. The largest absolute Gasteiger partial charge is 0.389 e. The van der Waals surface area contributed by atoms with E-state index in [1.165, 1.54) is 17.8 Å². The topological polar surface area (TPSA) is 46.2 Å². The molecule has 0 bridgehead atoms. The van der Waals surface area contributed by atoms with Crippen molar-refractivity contribution in [3.05, 3.63) is 29.8 Å². The molecule has 0 saturated heterocycles. The zero-order chi connectivity index (χ0) is 13.1. The smallest absolute Gasteiger partial charge is 0.159 e. The number of halogens is 2. The van der Waals surface area contributed by atoms with Crippen LogP contribution in [0.5, 0.6) is 0 Å². The molecule has 2 unspecified atom stereocenters. The average molecular weight is 261 g/mol. The fourth-order valence-electron chi connectivity index (χ4n) is 1.53. The molecule has 0 aliphatic rings. The van der Waals surface area contributed by atoms with Crippen LogP contribution in [-0.4, -0.2) is 22.5 Å². The van der Waals surface area contributed by atoms with E-state index < -0.39 is 17.2 Å². The normalized spacial score (nSPS) is 16.6. The monoisotopic (exact) mass is 261 g/mol. The summed E-state index contributed by atoms with van der Waals surface area (Å²) in [5.41, 5.74) is 4.50. The Bertz CT molecular complexity index is 385. The summed E-state index contributed by atoms with van der Waals surface area (Å²) in [6, 6.07) is 3.79. The summed E-state index contributed by atoms with van der Waals surface area (Å²) < 4.78 is 25.7. The Morgan fingerprint density at radius 2 is 2.06 bits per heavy atom. The van der Waals surface area contributed by atoms with E-state index in [0.717, 1.165) is 12.1 Å². The van der Waals surface area contributed by atoms with Crippen molar-refractivity contribution < 1.29 is 13.9 Å². The number of thioether (sulfide) groups is 1. The lowest BCUT2D eigenvalue weighted by Gasteiger charge is -2.24. The average Bonchev–Trinajstić information content (AvgIpc) is 2.23. The summed E-state index contributed by atoms with van der Waals surface area (Å²) in [4.78, 5) is 0.643. The van der Waals surface area contributed by atoms with Crippen LogP contribution in [0.25, 0.3) is 0 Å². The lowest BCUT2D eigenvalue weighted by Crippen LogP contribution is -2.36. The van der Waals surface area contributed by atoms with E-state index in [0.29, 0.717) is 11.3 Å². The van der Waals surface area contributed by atoms with E-state index >= 15 is 0 Å². The Hall–Kier alpha value is -0.650. The van der Waals surface area contributed by atoms with Crippen molar-refractivity contribution in [2.24, 2.45) is 5.73 Å². The van der Waals surface area contributed by atoms with Gasteiger partial charge in [-0.1, -0.05) is 6.92 Å². The molecule has 2 atom stereocenters. The lowest BCUT2D eigenvalue weighted by atomic mass is 10.0. The Balaban J connectivity index is 2.62. The van der Waals surface area contributed by atoms with Gasteiger partial charge in [-0.15, -0.1) is 11.8 Å². The molecule has 5 heteroatoms. The molecule has 0 radical (unpaired) electrons. The number of hydrogen-bond acceptors (Lipinski definition) is 3. The molecule has 0 spiro atoms. The van der Waals surface area contributed by atoms with Crippen LogP contribution < -0.4 is 5.73 Å². The third-order valence-corrected chi connectivity index (χ3v) is 3.49. The molecule has 17 heavy (non-hydrogen) atoms. The number of rotatable bonds is 5. The van der Waals surface area contributed by atoms with Gasteiger partial charge in [-0.2, -0.15) is 0 Å². The zero-order valence-electron chi connectivity index (χ0n) is 9.91. The SMILES string of the molecule is CC(CC(C)(O)CN)Sc1ccc(F)c(F)c1. The molecule has 3 N–H and O–H groups in total. The van der Waals surface area contributed by atoms with Gasteiger partial charge in [0.25, 0.3) is 0 Å². The first kappa shape index (κ1) is 14.4. The van der Waals surface area contributed by atoms with Crippen molar-refractivity contribution in [2.45, 2.75) is 36.0 Å². The standard InChI is InChI=1S/C12H17F2NOS/c1-8(6-12(2,16)7-15)17-9-3-4-10(13)11(14)5-9/h3-5,8,16H,6-7,15H2,1-2H3. The summed E-state index contributed by atoms with van der Waals surface area (Å²) in [6.45, 7) is 3.75. The highest BCUT2D eigenvalue weighted by atomic mass is 32.2. The fourth-order valence-corrected chi connectivity index (χ4v) is 2.75. The number of hydrogen-bond donors (Lipinski definition) is 2. The first-order valence-electron chi connectivity index (χ1n) is 5.38. The van der Waals surface area contributed by atoms with E-state index in [1.807, 2.05) is 6.92 Å². The number of benzene rings is 1. The van der Waals surface area contributed by atoms with Crippen molar-refractivity contribution in [3.63, 3.8) is 0 Å². The fraction of sp³-hybridized carbons (Fsp3) is 0.500. The predicted octanol–water partition coefficient (Wildman–Crippen LogP) is 2.55. The van der Waals surface area contributed by atoms with Crippen LogP contribution in [0, 0.1) is 11.6 Å². The molecule has 0 aromatic heterocycles. The summed E-state index contributed by atoms with van der Waals surface area (Å²) in [7, 11) is 0. The maximum Gasteiger partial charge on any atom is 0.159 e. The molecular weight excluding hydrogens is 244 g/mol. The van der Waals surface area contributed by atoms with E-state index in [9.17, 15) is 13.9 Å². The highest BCUT2D eigenvalue weighted by Crippen LogP contribution is 2.29. The Kier molecular flexibility index (Phi) is 4.91. The minimum absolute atomic E-state index is 0.0680. The lowest BCUT2D eigenvalue weighted by molar-refractivity contribution is 0.0608. The Morgan fingerprint density at radius 3 is 2.59 bits per heavy atom. The predicted molar refractivity (Wildman–Crippen MR) is 66.0 cm³/mol. The first-order valence-corrected chi connectivity index (χ1v) is 6.26. The minimum atomic E-state index is -0.926. The first-order chi connectivity index (χ1) is 7.84. The second kappa shape index (κ2) is 5.80. The van der Waals surface area contributed by atoms with E-state index in [2.05, 4.69) is 0 Å². The van der Waals surface area contributed by atoms with Gasteiger partial charge in [-0.25, -0.2) is 8.78 Å². The summed E-state index contributed by atoms with van der Waals surface area (Å²) >= 11 is 1.39. The molecule has 2 nitrogen and oxygen atoms in total. The van der Waals surface area contributed by atoms with Gasteiger partial charge in [0, 0.05) is 16.7 Å². The molecule has 0 heterocycles. The van der Waals surface area contributed by atoms with Crippen molar-refractivity contribution in [1.29, 1.82) is 0 Å². The van der Waals surface area contributed by atoms with Crippen LogP contribution in [0.1, 0.15) is 20.3 Å². The van der Waals surface area contributed by atoms with Gasteiger partial charge in [0.2, 0.25) is 0 Å². The van der Waals surface area contributed by atoms with Crippen molar-refractivity contribution >= 4 is 11.8 Å². The molecule has 0 amide bonds. The quantitative estimate of drug-likeness (QED) is 0.801. The van der Waals surface area contributed by atoms with E-state index in [4.69, 9.17) is 5.73 Å². The van der Waals surface area contributed by atoms with Crippen LogP contribution in [0.4, 0.5) is 8.78 Å². The van der Waals surface area contributed by atoms with Gasteiger partial charge < -0.3 is 10.8 Å². The summed E-state index contributed by atoms with van der Waals surface area (Å²) in [5, 5.41) is 9.87. The van der Waals surface area contributed by atoms with Gasteiger partial charge in [-0.05, 0) is 31.5 Å². The molecule has 0 saturated carbocycles. The highest BCUT2D eigenvalue weighted by molar-refractivity contribution is 7.99. The molecule has 0 aliphatic carbocycles. The number of aliphatic hydroxyl groups is 1. The molecule has 1 aromatic rings. The van der Waals surface area contributed by atoms with Crippen LogP contribution in [0.15, 0.2) is 23.1 Å². The maximum absolute atomic E-state index is 13.0. The van der Waals surface area contributed by atoms with Crippen molar-refractivity contribution in [1.82, 2.24) is 0 Å².